The maximum absolute atomic E-state index is 11.9. The highest BCUT2D eigenvalue weighted by atomic mass is 16.5. The highest BCUT2D eigenvalue weighted by Crippen LogP contribution is 2.24. The van der Waals surface area contributed by atoms with Crippen LogP contribution >= 0.6 is 0 Å². The van der Waals surface area contributed by atoms with Crippen LogP contribution in [0.4, 0.5) is 5.69 Å². The number of carbonyl (C=O) groups excluding carboxylic acids is 1. The van der Waals surface area contributed by atoms with Gasteiger partial charge in [0, 0.05) is 18.7 Å². The smallest absolute Gasteiger partial charge is 0.251 e. The molecule has 0 aliphatic carbocycles. The molecule has 1 fully saturated rings. The normalized spacial score (nSPS) is 22.9. The number of ether oxygens (including phenoxy) is 1. The minimum absolute atomic E-state index is 0.0778. The lowest BCUT2D eigenvalue weighted by Gasteiger charge is -2.23. The van der Waals surface area contributed by atoms with E-state index in [0.29, 0.717) is 12.1 Å². The summed E-state index contributed by atoms with van der Waals surface area (Å²) >= 11 is 0. The molecule has 5 heteroatoms. The summed E-state index contributed by atoms with van der Waals surface area (Å²) in [5, 5.41) is 12.3. The number of phenolic OH excluding ortho intramolecular Hbond substituents is 1. The second-order valence-corrected chi connectivity index (χ2v) is 4.86. The standard InChI is InChI=1S/C13H18N2O3/c1-13(5-2-6-18-13)8-15-12(17)9-3-4-10(14)11(16)7-9/h3-4,7,16H,2,5-6,8,14H2,1H3,(H,15,17). The van der Waals surface area contributed by atoms with Crippen LogP contribution in [0.2, 0.25) is 0 Å². The van der Waals surface area contributed by atoms with Crippen LogP contribution < -0.4 is 11.1 Å². The number of nitrogen functional groups attached to an aromatic ring is 1. The van der Waals surface area contributed by atoms with E-state index < -0.39 is 0 Å². The number of aromatic hydroxyl groups is 1. The quantitative estimate of drug-likeness (QED) is 0.557. The third-order valence-electron chi connectivity index (χ3n) is 3.22. The molecule has 1 heterocycles. The topological polar surface area (TPSA) is 84.6 Å². The van der Waals surface area contributed by atoms with E-state index in [1.54, 1.807) is 6.07 Å². The zero-order valence-electron chi connectivity index (χ0n) is 10.4. The first kappa shape index (κ1) is 12.7. The molecule has 1 aliphatic heterocycles. The van der Waals surface area contributed by atoms with Crippen molar-refractivity contribution in [3.8, 4) is 5.75 Å². The molecule has 1 aliphatic rings. The predicted molar refractivity (Wildman–Crippen MR) is 68.4 cm³/mol. The van der Waals surface area contributed by atoms with Crippen LogP contribution in [0.5, 0.6) is 5.75 Å². The van der Waals surface area contributed by atoms with E-state index >= 15 is 0 Å². The maximum Gasteiger partial charge on any atom is 0.251 e. The number of hydrogen-bond acceptors (Lipinski definition) is 4. The van der Waals surface area contributed by atoms with Gasteiger partial charge in [-0.3, -0.25) is 4.79 Å². The molecule has 0 saturated carbocycles. The Morgan fingerprint density at radius 3 is 3.00 bits per heavy atom. The van der Waals surface area contributed by atoms with Crippen molar-refractivity contribution >= 4 is 11.6 Å². The van der Waals surface area contributed by atoms with E-state index in [-0.39, 0.29) is 22.9 Å². The third-order valence-corrected chi connectivity index (χ3v) is 3.22. The van der Waals surface area contributed by atoms with Crippen LogP contribution in [0.1, 0.15) is 30.1 Å². The minimum Gasteiger partial charge on any atom is -0.506 e. The average Bonchev–Trinajstić information content (AvgIpc) is 2.77. The molecular formula is C13H18N2O3. The average molecular weight is 250 g/mol. The number of amides is 1. The van der Waals surface area contributed by atoms with Gasteiger partial charge in [-0.1, -0.05) is 0 Å². The van der Waals surface area contributed by atoms with Gasteiger partial charge in [0.2, 0.25) is 0 Å². The highest BCUT2D eigenvalue weighted by Gasteiger charge is 2.30. The van der Waals surface area contributed by atoms with Crippen molar-refractivity contribution in [2.24, 2.45) is 0 Å². The molecule has 0 aromatic heterocycles. The van der Waals surface area contributed by atoms with Crippen molar-refractivity contribution in [2.45, 2.75) is 25.4 Å². The predicted octanol–water partition coefficient (Wildman–Crippen LogP) is 1.27. The van der Waals surface area contributed by atoms with Gasteiger partial charge < -0.3 is 20.9 Å². The Morgan fingerprint density at radius 2 is 2.39 bits per heavy atom. The molecule has 1 aromatic rings. The molecule has 4 N–H and O–H groups in total. The summed E-state index contributed by atoms with van der Waals surface area (Å²) < 4.78 is 5.59. The summed E-state index contributed by atoms with van der Waals surface area (Å²) in [4.78, 5) is 11.9. The van der Waals surface area contributed by atoms with Gasteiger partial charge in [-0.15, -0.1) is 0 Å². The summed E-state index contributed by atoms with van der Waals surface area (Å²) in [6.45, 7) is 3.20. The van der Waals surface area contributed by atoms with E-state index in [1.165, 1.54) is 12.1 Å². The first-order valence-electron chi connectivity index (χ1n) is 6.01. The van der Waals surface area contributed by atoms with E-state index in [2.05, 4.69) is 5.32 Å². The Bertz CT molecular complexity index is 454. The van der Waals surface area contributed by atoms with Crippen LogP contribution in [0.25, 0.3) is 0 Å². The van der Waals surface area contributed by atoms with E-state index in [4.69, 9.17) is 10.5 Å². The third kappa shape index (κ3) is 2.73. The number of nitrogens with one attached hydrogen (secondary N) is 1. The van der Waals surface area contributed by atoms with Crippen molar-refractivity contribution < 1.29 is 14.6 Å². The summed E-state index contributed by atoms with van der Waals surface area (Å²) in [5.74, 6) is -0.312. The Morgan fingerprint density at radius 1 is 1.61 bits per heavy atom. The molecule has 1 aromatic carbocycles. The van der Waals surface area contributed by atoms with Crippen molar-refractivity contribution in [3.63, 3.8) is 0 Å². The van der Waals surface area contributed by atoms with Crippen molar-refractivity contribution in [3.05, 3.63) is 23.8 Å². The fraction of sp³-hybridized carbons (Fsp3) is 0.462. The number of anilines is 1. The largest absolute Gasteiger partial charge is 0.506 e. The molecule has 1 amide bonds. The van der Waals surface area contributed by atoms with Crippen LogP contribution in [-0.2, 0) is 4.74 Å². The van der Waals surface area contributed by atoms with Gasteiger partial charge in [0.1, 0.15) is 5.75 Å². The molecule has 0 spiro atoms. The summed E-state index contributed by atoms with van der Waals surface area (Å²) in [5.41, 5.74) is 5.86. The molecule has 0 bridgehead atoms. The number of rotatable bonds is 3. The molecule has 0 radical (unpaired) electrons. The lowest BCUT2D eigenvalue weighted by Crippen LogP contribution is -2.40. The lowest BCUT2D eigenvalue weighted by molar-refractivity contribution is 0.0206. The summed E-state index contributed by atoms with van der Waals surface area (Å²) in [6.07, 6.45) is 1.97. The van der Waals surface area contributed by atoms with E-state index in [0.717, 1.165) is 19.4 Å². The number of nitrogens with two attached hydrogens (primary N) is 1. The first-order chi connectivity index (χ1) is 8.50. The Kier molecular flexibility index (Phi) is 3.43. The van der Waals surface area contributed by atoms with Gasteiger partial charge in [-0.25, -0.2) is 0 Å². The van der Waals surface area contributed by atoms with Crippen molar-refractivity contribution in [1.29, 1.82) is 0 Å². The fourth-order valence-electron chi connectivity index (χ4n) is 2.03. The summed E-state index contributed by atoms with van der Waals surface area (Å²) in [7, 11) is 0. The molecule has 98 valence electrons. The van der Waals surface area contributed by atoms with Crippen molar-refractivity contribution in [1.82, 2.24) is 5.32 Å². The van der Waals surface area contributed by atoms with Crippen LogP contribution in [0, 0.1) is 0 Å². The van der Waals surface area contributed by atoms with Gasteiger partial charge in [0.05, 0.1) is 11.3 Å². The number of benzene rings is 1. The van der Waals surface area contributed by atoms with Crippen LogP contribution in [0.15, 0.2) is 18.2 Å². The van der Waals surface area contributed by atoms with Gasteiger partial charge >= 0.3 is 0 Å². The van der Waals surface area contributed by atoms with Gasteiger partial charge in [-0.05, 0) is 38.0 Å². The molecule has 18 heavy (non-hydrogen) atoms. The Labute approximate surface area is 106 Å². The van der Waals surface area contributed by atoms with Gasteiger partial charge in [-0.2, -0.15) is 0 Å². The maximum atomic E-state index is 11.9. The van der Waals surface area contributed by atoms with Crippen molar-refractivity contribution in [2.75, 3.05) is 18.9 Å². The molecule has 1 saturated heterocycles. The molecule has 1 atom stereocenters. The van der Waals surface area contributed by atoms with E-state index in [1.807, 2.05) is 6.92 Å². The SMILES string of the molecule is CC1(CNC(=O)c2ccc(N)c(O)c2)CCCO1. The van der Waals surface area contributed by atoms with Crippen LogP contribution in [-0.4, -0.2) is 29.8 Å². The molecule has 1 unspecified atom stereocenters. The second-order valence-electron chi connectivity index (χ2n) is 4.86. The Hall–Kier alpha value is -1.75. The number of carbonyl (C=O) groups is 1. The number of hydrogen-bond donors (Lipinski definition) is 3. The fourth-order valence-corrected chi connectivity index (χ4v) is 2.03. The number of phenols is 1. The molecular weight excluding hydrogens is 232 g/mol. The van der Waals surface area contributed by atoms with Crippen LogP contribution in [0.3, 0.4) is 0 Å². The van der Waals surface area contributed by atoms with Gasteiger partial charge in [0.25, 0.3) is 5.91 Å². The minimum atomic E-state index is -0.272. The first-order valence-corrected chi connectivity index (χ1v) is 6.01. The monoisotopic (exact) mass is 250 g/mol. The van der Waals surface area contributed by atoms with Gasteiger partial charge in [0.15, 0.2) is 0 Å². The molecule has 2 rings (SSSR count). The lowest BCUT2D eigenvalue weighted by atomic mass is 10.0. The summed E-state index contributed by atoms with van der Waals surface area (Å²) in [6, 6.07) is 4.46. The molecule has 5 nitrogen and oxygen atoms in total. The zero-order valence-corrected chi connectivity index (χ0v) is 10.4. The second kappa shape index (κ2) is 4.86. The van der Waals surface area contributed by atoms with E-state index in [9.17, 15) is 9.90 Å². The zero-order chi connectivity index (χ0) is 13.2. The Balaban J connectivity index is 1.97. The highest BCUT2D eigenvalue weighted by molar-refractivity contribution is 5.95.